The van der Waals surface area contributed by atoms with Gasteiger partial charge in [0, 0.05) is 36.1 Å². The van der Waals surface area contributed by atoms with Crippen LogP contribution in [0.2, 0.25) is 5.02 Å². The van der Waals surface area contributed by atoms with E-state index >= 15 is 0 Å². The number of hydrogen-bond acceptors (Lipinski definition) is 4. The van der Waals surface area contributed by atoms with Gasteiger partial charge in [-0.2, -0.15) is 0 Å². The number of anilines is 1. The van der Waals surface area contributed by atoms with Gasteiger partial charge in [-0.05, 0) is 24.3 Å². The van der Waals surface area contributed by atoms with Crippen LogP contribution < -0.4 is 15.4 Å². The van der Waals surface area contributed by atoms with Gasteiger partial charge in [-0.25, -0.2) is 0 Å². The van der Waals surface area contributed by atoms with Crippen molar-refractivity contribution in [1.82, 2.24) is 10.3 Å². The lowest BCUT2D eigenvalue weighted by Gasteiger charge is -2.11. The molecule has 2 aromatic rings. The molecule has 2 rings (SSSR count). The fourth-order valence-electron chi connectivity index (χ4n) is 1.87. The molecular formula is C15H16ClN3O2. The third-order valence-corrected chi connectivity index (χ3v) is 3.36. The van der Waals surface area contributed by atoms with Crippen molar-refractivity contribution in [2.24, 2.45) is 0 Å². The number of halogens is 1. The van der Waals surface area contributed by atoms with Crippen LogP contribution in [0.5, 0.6) is 5.75 Å². The number of pyridine rings is 1. The van der Waals surface area contributed by atoms with Crippen molar-refractivity contribution in [2.45, 2.75) is 6.54 Å². The van der Waals surface area contributed by atoms with E-state index in [0.29, 0.717) is 16.5 Å². The number of benzene rings is 1. The highest BCUT2D eigenvalue weighted by Gasteiger charge is 2.11. The number of nitrogens with one attached hydrogen (secondary N) is 2. The number of carbonyl (C=O) groups is 1. The maximum atomic E-state index is 12.1. The van der Waals surface area contributed by atoms with E-state index in [-0.39, 0.29) is 12.5 Å². The average molecular weight is 306 g/mol. The van der Waals surface area contributed by atoms with Crippen LogP contribution in [0.25, 0.3) is 0 Å². The smallest absolute Gasteiger partial charge is 0.270 e. The lowest BCUT2D eigenvalue weighted by atomic mass is 10.2. The second kappa shape index (κ2) is 6.95. The van der Waals surface area contributed by atoms with Crippen molar-refractivity contribution in [2.75, 3.05) is 19.5 Å². The van der Waals surface area contributed by atoms with Gasteiger partial charge in [0.15, 0.2) is 0 Å². The van der Waals surface area contributed by atoms with Crippen molar-refractivity contribution >= 4 is 23.2 Å². The molecule has 110 valence electrons. The molecule has 0 aliphatic rings. The topological polar surface area (TPSA) is 63.2 Å². The predicted octanol–water partition coefficient (Wildman–Crippen LogP) is 2.72. The summed E-state index contributed by atoms with van der Waals surface area (Å²) in [5.41, 5.74) is 1.90. The molecule has 2 N–H and O–H groups in total. The van der Waals surface area contributed by atoms with E-state index < -0.39 is 0 Å². The monoisotopic (exact) mass is 305 g/mol. The molecule has 0 atom stereocenters. The zero-order valence-corrected chi connectivity index (χ0v) is 12.6. The molecule has 6 heteroatoms. The Kier molecular flexibility index (Phi) is 5.00. The fourth-order valence-corrected chi connectivity index (χ4v) is 2.10. The highest BCUT2D eigenvalue weighted by Crippen LogP contribution is 2.25. The van der Waals surface area contributed by atoms with Crippen LogP contribution in [0, 0.1) is 0 Å². The van der Waals surface area contributed by atoms with Crippen LogP contribution in [0.15, 0.2) is 36.5 Å². The van der Waals surface area contributed by atoms with Crippen molar-refractivity contribution in [3.63, 3.8) is 0 Å². The molecule has 0 saturated carbocycles. The van der Waals surface area contributed by atoms with Crippen molar-refractivity contribution in [3.05, 3.63) is 52.8 Å². The number of rotatable bonds is 5. The maximum absolute atomic E-state index is 12.1. The molecule has 1 aromatic heterocycles. The quantitative estimate of drug-likeness (QED) is 0.891. The largest absolute Gasteiger partial charge is 0.496 e. The normalized spacial score (nSPS) is 10.0. The Hall–Kier alpha value is -2.27. The lowest BCUT2D eigenvalue weighted by molar-refractivity contribution is 0.0946. The standard InChI is InChI=1S/C15H16ClN3O2/c1-17-10-6-7-18-13(8-10)15(20)19-9-11-12(16)4-3-5-14(11)21-2/h3-8H,9H2,1-2H3,(H,17,18)(H,19,20). The first-order valence-electron chi connectivity index (χ1n) is 6.39. The third kappa shape index (κ3) is 3.64. The molecular weight excluding hydrogens is 290 g/mol. The van der Waals surface area contributed by atoms with Gasteiger partial charge < -0.3 is 15.4 Å². The van der Waals surface area contributed by atoms with E-state index in [1.807, 2.05) is 0 Å². The number of methoxy groups -OCH3 is 1. The lowest BCUT2D eigenvalue weighted by Crippen LogP contribution is -2.24. The minimum absolute atomic E-state index is 0.269. The minimum Gasteiger partial charge on any atom is -0.496 e. The minimum atomic E-state index is -0.269. The van der Waals surface area contributed by atoms with Crippen LogP contribution in [0.3, 0.4) is 0 Å². The average Bonchev–Trinajstić information content (AvgIpc) is 2.53. The van der Waals surface area contributed by atoms with Crippen LogP contribution in [-0.4, -0.2) is 25.0 Å². The molecule has 0 fully saturated rings. The summed E-state index contributed by atoms with van der Waals surface area (Å²) in [5.74, 6) is 0.369. The van der Waals surface area contributed by atoms with E-state index in [9.17, 15) is 4.79 Å². The summed E-state index contributed by atoms with van der Waals surface area (Å²) in [5, 5.41) is 6.30. The van der Waals surface area contributed by atoms with Crippen LogP contribution in [0.1, 0.15) is 16.1 Å². The van der Waals surface area contributed by atoms with Crippen LogP contribution >= 0.6 is 11.6 Å². The predicted molar refractivity (Wildman–Crippen MR) is 83.0 cm³/mol. The van der Waals surface area contributed by atoms with Gasteiger partial charge in [-0.1, -0.05) is 17.7 Å². The summed E-state index contributed by atoms with van der Waals surface area (Å²) in [4.78, 5) is 16.2. The molecule has 0 aliphatic carbocycles. The fraction of sp³-hybridized carbons (Fsp3) is 0.200. The Bertz CT molecular complexity index is 647. The zero-order chi connectivity index (χ0) is 15.2. The summed E-state index contributed by atoms with van der Waals surface area (Å²) in [6.45, 7) is 0.271. The second-order valence-electron chi connectivity index (χ2n) is 4.28. The first kappa shape index (κ1) is 15.1. The number of aromatic nitrogens is 1. The van der Waals surface area contributed by atoms with E-state index in [2.05, 4.69) is 15.6 Å². The Labute approximate surface area is 128 Å². The van der Waals surface area contributed by atoms with Gasteiger partial charge in [-0.3, -0.25) is 9.78 Å². The van der Waals surface area contributed by atoms with Gasteiger partial charge in [0.25, 0.3) is 5.91 Å². The van der Waals surface area contributed by atoms with E-state index in [4.69, 9.17) is 16.3 Å². The number of ether oxygens (including phenoxy) is 1. The first-order chi connectivity index (χ1) is 10.2. The van der Waals surface area contributed by atoms with Gasteiger partial charge in [0.2, 0.25) is 0 Å². The summed E-state index contributed by atoms with van der Waals surface area (Å²) >= 11 is 6.13. The summed E-state index contributed by atoms with van der Waals surface area (Å²) in [6.07, 6.45) is 1.58. The number of hydrogen-bond donors (Lipinski definition) is 2. The number of nitrogens with zero attached hydrogens (tertiary/aromatic N) is 1. The SMILES string of the molecule is CNc1ccnc(C(=O)NCc2c(Cl)cccc2OC)c1. The molecule has 0 saturated heterocycles. The second-order valence-corrected chi connectivity index (χ2v) is 4.69. The maximum Gasteiger partial charge on any atom is 0.270 e. The van der Waals surface area contributed by atoms with Crippen LogP contribution in [0.4, 0.5) is 5.69 Å². The Morgan fingerprint density at radius 1 is 1.38 bits per heavy atom. The Morgan fingerprint density at radius 3 is 2.90 bits per heavy atom. The van der Waals surface area contributed by atoms with E-state index in [1.54, 1.807) is 50.7 Å². The molecule has 0 spiro atoms. The van der Waals surface area contributed by atoms with Crippen molar-refractivity contribution in [3.8, 4) is 5.75 Å². The molecule has 0 radical (unpaired) electrons. The highest BCUT2D eigenvalue weighted by molar-refractivity contribution is 6.31. The van der Waals surface area contributed by atoms with Gasteiger partial charge in [0.1, 0.15) is 11.4 Å². The molecule has 0 unspecified atom stereocenters. The zero-order valence-electron chi connectivity index (χ0n) is 11.8. The van der Waals surface area contributed by atoms with E-state index in [0.717, 1.165) is 11.3 Å². The first-order valence-corrected chi connectivity index (χ1v) is 6.77. The molecule has 1 heterocycles. The van der Waals surface area contributed by atoms with Crippen LogP contribution in [-0.2, 0) is 6.54 Å². The van der Waals surface area contributed by atoms with E-state index in [1.165, 1.54) is 0 Å². The van der Waals surface area contributed by atoms with Gasteiger partial charge in [-0.15, -0.1) is 0 Å². The Balaban J connectivity index is 2.11. The van der Waals surface area contributed by atoms with Gasteiger partial charge in [0.05, 0.1) is 7.11 Å². The molecule has 5 nitrogen and oxygen atoms in total. The van der Waals surface area contributed by atoms with Crippen molar-refractivity contribution in [1.29, 1.82) is 0 Å². The highest BCUT2D eigenvalue weighted by atomic mass is 35.5. The molecule has 1 amide bonds. The molecule has 21 heavy (non-hydrogen) atoms. The summed E-state index contributed by atoms with van der Waals surface area (Å²) in [6, 6.07) is 8.82. The third-order valence-electron chi connectivity index (χ3n) is 3.00. The van der Waals surface area contributed by atoms with Crippen molar-refractivity contribution < 1.29 is 9.53 Å². The Morgan fingerprint density at radius 2 is 2.19 bits per heavy atom. The molecule has 0 aliphatic heterocycles. The molecule has 1 aromatic carbocycles. The van der Waals surface area contributed by atoms with Gasteiger partial charge >= 0.3 is 0 Å². The summed E-state index contributed by atoms with van der Waals surface area (Å²) < 4.78 is 5.24. The summed E-state index contributed by atoms with van der Waals surface area (Å²) in [7, 11) is 3.35. The molecule has 0 bridgehead atoms. The number of amides is 1. The number of carbonyl (C=O) groups excluding carboxylic acids is 1.